The molecule has 2 rings (SSSR count). The van der Waals surface area contributed by atoms with Gasteiger partial charge in [-0.25, -0.2) is 0 Å². The van der Waals surface area contributed by atoms with E-state index in [0.717, 1.165) is 36.6 Å². The summed E-state index contributed by atoms with van der Waals surface area (Å²) in [5.74, 6) is 3.17. The van der Waals surface area contributed by atoms with Crippen molar-refractivity contribution in [3.63, 3.8) is 0 Å². The number of rotatable bonds is 8. The van der Waals surface area contributed by atoms with Crippen LogP contribution in [-0.2, 0) is 13.0 Å². The molecule has 1 aromatic carbocycles. The van der Waals surface area contributed by atoms with Crippen molar-refractivity contribution in [1.82, 2.24) is 5.32 Å². The standard InChI is InChI=1S/C17H27NO2S/c1-5-15(11-21-4)18-10-14-9-17-13(7-12(3)20-17)8-16(14)19-6-2/h8-9,12,15,18H,5-7,10-11H2,1-4H3. The Balaban J connectivity index is 2.12. The molecule has 3 nitrogen and oxygen atoms in total. The van der Waals surface area contributed by atoms with Crippen molar-refractivity contribution in [2.45, 2.75) is 52.3 Å². The van der Waals surface area contributed by atoms with Gasteiger partial charge in [-0.2, -0.15) is 11.8 Å². The van der Waals surface area contributed by atoms with Crippen molar-refractivity contribution in [2.75, 3.05) is 18.6 Å². The lowest BCUT2D eigenvalue weighted by Crippen LogP contribution is -2.30. The maximum atomic E-state index is 5.87. The third kappa shape index (κ3) is 4.30. The summed E-state index contributed by atoms with van der Waals surface area (Å²) in [4.78, 5) is 0. The molecule has 1 aromatic rings. The highest BCUT2D eigenvalue weighted by Crippen LogP contribution is 2.35. The fourth-order valence-electron chi connectivity index (χ4n) is 2.69. The van der Waals surface area contributed by atoms with Gasteiger partial charge in [-0.1, -0.05) is 6.92 Å². The second-order valence-corrected chi connectivity index (χ2v) is 6.49. The van der Waals surface area contributed by atoms with Gasteiger partial charge in [0.15, 0.2) is 0 Å². The summed E-state index contributed by atoms with van der Waals surface area (Å²) in [6.07, 6.45) is 4.55. The number of ether oxygens (including phenoxy) is 2. The zero-order valence-electron chi connectivity index (χ0n) is 13.6. The predicted molar refractivity (Wildman–Crippen MR) is 90.7 cm³/mol. The first-order chi connectivity index (χ1) is 10.2. The molecule has 0 amide bonds. The lowest BCUT2D eigenvalue weighted by molar-refractivity contribution is 0.254. The summed E-state index contributed by atoms with van der Waals surface area (Å²) in [5, 5.41) is 3.63. The Kier molecular flexibility index (Phi) is 6.24. The van der Waals surface area contributed by atoms with Crippen molar-refractivity contribution < 1.29 is 9.47 Å². The van der Waals surface area contributed by atoms with Crippen LogP contribution in [-0.4, -0.2) is 30.8 Å². The first-order valence-electron chi connectivity index (χ1n) is 7.85. The minimum atomic E-state index is 0.276. The first kappa shape index (κ1) is 16.5. The van der Waals surface area contributed by atoms with E-state index < -0.39 is 0 Å². The summed E-state index contributed by atoms with van der Waals surface area (Å²) in [7, 11) is 0. The van der Waals surface area contributed by atoms with Crippen molar-refractivity contribution in [3.8, 4) is 11.5 Å². The van der Waals surface area contributed by atoms with E-state index in [1.807, 2.05) is 18.7 Å². The largest absolute Gasteiger partial charge is 0.494 e. The van der Waals surface area contributed by atoms with E-state index in [4.69, 9.17) is 9.47 Å². The van der Waals surface area contributed by atoms with E-state index in [9.17, 15) is 0 Å². The molecule has 0 aliphatic carbocycles. The molecule has 0 saturated carbocycles. The number of fused-ring (bicyclic) bond motifs is 1. The molecule has 4 heteroatoms. The number of thioether (sulfide) groups is 1. The van der Waals surface area contributed by atoms with Gasteiger partial charge in [0, 0.05) is 35.9 Å². The maximum Gasteiger partial charge on any atom is 0.124 e. The highest BCUT2D eigenvalue weighted by molar-refractivity contribution is 7.98. The van der Waals surface area contributed by atoms with Crippen LogP contribution in [0.25, 0.3) is 0 Å². The van der Waals surface area contributed by atoms with Crippen LogP contribution in [0.4, 0.5) is 0 Å². The molecule has 21 heavy (non-hydrogen) atoms. The van der Waals surface area contributed by atoms with Gasteiger partial charge in [0.05, 0.1) is 6.61 Å². The second kappa shape index (κ2) is 7.95. The van der Waals surface area contributed by atoms with Gasteiger partial charge in [-0.3, -0.25) is 0 Å². The molecule has 1 N–H and O–H groups in total. The average molecular weight is 309 g/mol. The van der Waals surface area contributed by atoms with Crippen LogP contribution in [0.1, 0.15) is 38.3 Å². The predicted octanol–water partition coefficient (Wildman–Crippen LogP) is 3.64. The van der Waals surface area contributed by atoms with Gasteiger partial charge in [0.1, 0.15) is 17.6 Å². The SMILES string of the molecule is CCOc1cc2c(cc1CNC(CC)CSC)OC(C)C2. The molecule has 2 unspecified atom stereocenters. The van der Waals surface area contributed by atoms with Crippen molar-refractivity contribution in [2.24, 2.45) is 0 Å². The normalized spacial score (nSPS) is 18.2. The highest BCUT2D eigenvalue weighted by Gasteiger charge is 2.22. The minimum absolute atomic E-state index is 0.276. The Bertz CT molecular complexity index is 464. The lowest BCUT2D eigenvalue weighted by Gasteiger charge is -2.18. The number of hydrogen-bond acceptors (Lipinski definition) is 4. The van der Waals surface area contributed by atoms with Crippen LogP contribution in [0, 0.1) is 0 Å². The Morgan fingerprint density at radius 1 is 1.43 bits per heavy atom. The van der Waals surface area contributed by atoms with E-state index in [0.29, 0.717) is 12.6 Å². The molecule has 0 aromatic heterocycles. The van der Waals surface area contributed by atoms with Crippen molar-refractivity contribution in [3.05, 3.63) is 23.3 Å². The van der Waals surface area contributed by atoms with Crippen molar-refractivity contribution >= 4 is 11.8 Å². The maximum absolute atomic E-state index is 5.87. The van der Waals surface area contributed by atoms with Gasteiger partial charge < -0.3 is 14.8 Å². The van der Waals surface area contributed by atoms with Crippen LogP contribution in [0.5, 0.6) is 11.5 Å². The summed E-state index contributed by atoms with van der Waals surface area (Å²) in [6, 6.07) is 4.86. The molecule has 1 aliphatic rings. The topological polar surface area (TPSA) is 30.5 Å². The third-order valence-electron chi connectivity index (χ3n) is 3.82. The molecular weight excluding hydrogens is 282 g/mol. The Hall–Kier alpha value is -0.870. The lowest BCUT2D eigenvalue weighted by atomic mass is 10.1. The molecule has 0 radical (unpaired) electrons. The molecule has 0 fully saturated rings. The Morgan fingerprint density at radius 3 is 2.90 bits per heavy atom. The smallest absolute Gasteiger partial charge is 0.124 e. The summed E-state index contributed by atoms with van der Waals surface area (Å²) in [5.41, 5.74) is 2.47. The molecule has 0 spiro atoms. The van der Waals surface area contributed by atoms with Gasteiger partial charge in [0.25, 0.3) is 0 Å². The molecule has 1 aliphatic heterocycles. The number of nitrogens with one attached hydrogen (secondary N) is 1. The molecular formula is C17H27NO2S. The molecule has 118 valence electrons. The monoisotopic (exact) mass is 309 g/mol. The Morgan fingerprint density at radius 2 is 2.24 bits per heavy atom. The van der Waals surface area contributed by atoms with Gasteiger partial charge in [0.2, 0.25) is 0 Å². The molecule has 0 bridgehead atoms. The molecule has 2 atom stereocenters. The zero-order chi connectivity index (χ0) is 15.2. The number of benzene rings is 1. The minimum Gasteiger partial charge on any atom is -0.494 e. The van der Waals surface area contributed by atoms with E-state index in [1.54, 1.807) is 0 Å². The summed E-state index contributed by atoms with van der Waals surface area (Å²) >= 11 is 1.89. The second-order valence-electron chi connectivity index (χ2n) is 5.57. The summed E-state index contributed by atoms with van der Waals surface area (Å²) < 4.78 is 11.7. The Labute approximate surface area is 132 Å². The average Bonchev–Trinajstić information content (AvgIpc) is 2.82. The van der Waals surface area contributed by atoms with Crippen LogP contribution < -0.4 is 14.8 Å². The number of hydrogen-bond donors (Lipinski definition) is 1. The molecule has 1 heterocycles. The molecule has 0 saturated heterocycles. The van der Waals surface area contributed by atoms with Crippen LogP contribution in [0.3, 0.4) is 0 Å². The van der Waals surface area contributed by atoms with E-state index in [-0.39, 0.29) is 6.10 Å². The fourth-order valence-corrected chi connectivity index (χ4v) is 3.44. The van der Waals surface area contributed by atoms with Gasteiger partial charge in [-0.05, 0) is 38.7 Å². The van der Waals surface area contributed by atoms with Crippen LogP contribution in [0.2, 0.25) is 0 Å². The van der Waals surface area contributed by atoms with E-state index in [1.165, 1.54) is 11.1 Å². The van der Waals surface area contributed by atoms with Crippen LogP contribution in [0.15, 0.2) is 12.1 Å². The third-order valence-corrected chi connectivity index (χ3v) is 4.56. The zero-order valence-corrected chi connectivity index (χ0v) is 14.4. The summed E-state index contributed by atoms with van der Waals surface area (Å²) in [6.45, 7) is 7.91. The fraction of sp³-hybridized carbons (Fsp3) is 0.647. The highest BCUT2D eigenvalue weighted by atomic mass is 32.2. The van der Waals surface area contributed by atoms with E-state index in [2.05, 4.69) is 37.6 Å². The van der Waals surface area contributed by atoms with Gasteiger partial charge >= 0.3 is 0 Å². The van der Waals surface area contributed by atoms with E-state index >= 15 is 0 Å². The van der Waals surface area contributed by atoms with Crippen LogP contribution >= 0.6 is 11.8 Å². The quantitative estimate of drug-likeness (QED) is 0.794. The van der Waals surface area contributed by atoms with Gasteiger partial charge in [-0.15, -0.1) is 0 Å². The first-order valence-corrected chi connectivity index (χ1v) is 9.24. The van der Waals surface area contributed by atoms with Crippen molar-refractivity contribution in [1.29, 1.82) is 0 Å².